The number of nitrogens with one attached hydrogen (secondary N) is 2. The quantitative estimate of drug-likeness (QED) is 0.580. The number of rotatable bonds is 8. The molecule has 0 saturated heterocycles. The molecule has 0 spiro atoms. The van der Waals surface area contributed by atoms with Gasteiger partial charge in [-0.25, -0.2) is 4.79 Å². The maximum Gasteiger partial charge on any atom is 0.330 e. The van der Waals surface area contributed by atoms with E-state index in [9.17, 15) is 9.59 Å². The highest BCUT2D eigenvalue weighted by Crippen LogP contribution is 2.20. The maximum absolute atomic E-state index is 12.5. The summed E-state index contributed by atoms with van der Waals surface area (Å²) in [4.78, 5) is 28.7. The van der Waals surface area contributed by atoms with E-state index in [1.165, 1.54) is 4.57 Å². The van der Waals surface area contributed by atoms with Crippen molar-refractivity contribution in [2.75, 3.05) is 29.6 Å². The van der Waals surface area contributed by atoms with E-state index in [1.54, 1.807) is 24.1 Å². The van der Waals surface area contributed by atoms with Crippen molar-refractivity contribution < 1.29 is 4.74 Å². The molecule has 0 bridgehead atoms. The first-order valence-corrected chi connectivity index (χ1v) is 9.68. The number of ether oxygens (including phenoxy) is 1. The van der Waals surface area contributed by atoms with Gasteiger partial charge in [0.2, 0.25) is 0 Å². The Morgan fingerprint density at radius 3 is 2.50 bits per heavy atom. The summed E-state index contributed by atoms with van der Waals surface area (Å²) >= 11 is 5.54. The average Bonchev–Trinajstić information content (AvgIpc) is 2.67. The Morgan fingerprint density at radius 2 is 1.93 bits per heavy atom. The molecule has 0 saturated carbocycles. The van der Waals surface area contributed by atoms with E-state index in [0.717, 1.165) is 30.7 Å². The summed E-state index contributed by atoms with van der Waals surface area (Å²) in [6, 6.07) is 7.26. The zero-order valence-electron chi connectivity index (χ0n) is 16.4. The van der Waals surface area contributed by atoms with E-state index in [2.05, 4.69) is 10.3 Å². The number of nitrogens with zero attached hydrogens (tertiary/aromatic N) is 2. The SMILES string of the molecule is CCCCn1c(N)c(N(CCC)C(=S)Nc2ccc(OC)cc2)c(=O)[nH]c1=O. The van der Waals surface area contributed by atoms with Gasteiger partial charge in [-0.05, 0) is 49.3 Å². The van der Waals surface area contributed by atoms with Crippen LogP contribution in [-0.4, -0.2) is 28.3 Å². The molecule has 0 unspecified atom stereocenters. The van der Waals surface area contributed by atoms with Gasteiger partial charge in [0, 0.05) is 18.8 Å². The minimum Gasteiger partial charge on any atom is -0.497 e. The third kappa shape index (κ3) is 4.92. The van der Waals surface area contributed by atoms with Crippen molar-refractivity contribution in [1.82, 2.24) is 9.55 Å². The molecule has 28 heavy (non-hydrogen) atoms. The molecule has 152 valence electrons. The van der Waals surface area contributed by atoms with Gasteiger partial charge in [0.25, 0.3) is 5.56 Å². The zero-order chi connectivity index (χ0) is 20.7. The number of methoxy groups -OCH3 is 1. The van der Waals surface area contributed by atoms with Crippen LogP contribution in [0.25, 0.3) is 0 Å². The molecule has 9 heteroatoms. The fraction of sp³-hybridized carbons (Fsp3) is 0.421. The van der Waals surface area contributed by atoms with Crippen LogP contribution in [0.15, 0.2) is 33.9 Å². The molecule has 2 aromatic rings. The van der Waals surface area contributed by atoms with Crippen LogP contribution in [0, 0.1) is 0 Å². The molecule has 0 atom stereocenters. The summed E-state index contributed by atoms with van der Waals surface area (Å²) in [5.41, 5.74) is 6.10. The van der Waals surface area contributed by atoms with Gasteiger partial charge in [-0.3, -0.25) is 14.3 Å². The molecule has 1 aromatic heterocycles. The molecular formula is C19H27N5O3S. The van der Waals surface area contributed by atoms with Gasteiger partial charge in [-0.15, -0.1) is 0 Å². The number of aromatic amines is 1. The van der Waals surface area contributed by atoms with Crippen molar-refractivity contribution in [3.05, 3.63) is 45.1 Å². The van der Waals surface area contributed by atoms with Gasteiger partial charge in [0.15, 0.2) is 10.8 Å². The van der Waals surface area contributed by atoms with Crippen molar-refractivity contribution >= 4 is 34.5 Å². The normalized spacial score (nSPS) is 10.5. The van der Waals surface area contributed by atoms with E-state index in [-0.39, 0.29) is 11.5 Å². The number of anilines is 3. The van der Waals surface area contributed by atoms with E-state index < -0.39 is 11.2 Å². The number of hydrogen-bond acceptors (Lipinski definition) is 5. The fourth-order valence-corrected chi connectivity index (χ4v) is 3.08. The highest BCUT2D eigenvalue weighted by Gasteiger charge is 2.21. The van der Waals surface area contributed by atoms with Gasteiger partial charge in [-0.2, -0.15) is 0 Å². The van der Waals surface area contributed by atoms with Crippen molar-refractivity contribution in [3.63, 3.8) is 0 Å². The minimum atomic E-state index is -0.553. The number of benzene rings is 1. The molecule has 0 radical (unpaired) electrons. The van der Waals surface area contributed by atoms with Gasteiger partial charge in [0.05, 0.1) is 7.11 Å². The number of nitrogen functional groups attached to an aromatic ring is 1. The van der Waals surface area contributed by atoms with Gasteiger partial charge in [0.1, 0.15) is 11.6 Å². The molecule has 8 nitrogen and oxygen atoms in total. The first-order valence-electron chi connectivity index (χ1n) is 9.28. The second kappa shape index (κ2) is 9.93. The lowest BCUT2D eigenvalue weighted by atomic mass is 10.3. The first kappa shape index (κ1) is 21.5. The molecule has 1 heterocycles. The van der Waals surface area contributed by atoms with E-state index in [0.29, 0.717) is 18.2 Å². The molecule has 0 amide bonds. The second-order valence-corrected chi connectivity index (χ2v) is 6.70. The molecule has 1 aromatic carbocycles. The average molecular weight is 406 g/mol. The van der Waals surface area contributed by atoms with Gasteiger partial charge < -0.3 is 20.7 Å². The Morgan fingerprint density at radius 1 is 1.25 bits per heavy atom. The molecule has 0 fully saturated rings. The standard InChI is InChI=1S/C19H27N5O3S/c1-4-6-12-24-16(20)15(17(25)22-18(24)26)23(11-5-2)19(28)21-13-7-9-14(27-3)10-8-13/h7-10H,4-6,11-12,20H2,1-3H3,(H,21,28)(H,22,25,26). The Hall–Kier alpha value is -2.81. The lowest BCUT2D eigenvalue weighted by Gasteiger charge is -2.26. The predicted molar refractivity (Wildman–Crippen MR) is 117 cm³/mol. The van der Waals surface area contributed by atoms with Crippen LogP contribution in [-0.2, 0) is 6.54 Å². The third-order valence-corrected chi connectivity index (χ3v) is 4.58. The van der Waals surface area contributed by atoms with Crippen LogP contribution in [0.5, 0.6) is 5.75 Å². The Kier molecular flexibility index (Phi) is 7.62. The molecule has 4 N–H and O–H groups in total. The molecule has 0 aliphatic heterocycles. The van der Waals surface area contributed by atoms with Crippen LogP contribution < -0.4 is 31.9 Å². The summed E-state index contributed by atoms with van der Waals surface area (Å²) in [6.45, 7) is 4.90. The number of unbranched alkanes of at least 4 members (excludes halogenated alkanes) is 1. The zero-order valence-corrected chi connectivity index (χ0v) is 17.3. The largest absolute Gasteiger partial charge is 0.497 e. The second-order valence-electron chi connectivity index (χ2n) is 6.31. The lowest BCUT2D eigenvalue weighted by molar-refractivity contribution is 0.415. The number of hydrogen-bond donors (Lipinski definition) is 3. The van der Waals surface area contributed by atoms with Crippen molar-refractivity contribution in [2.24, 2.45) is 0 Å². The van der Waals surface area contributed by atoms with Crippen molar-refractivity contribution in [2.45, 2.75) is 39.7 Å². The van der Waals surface area contributed by atoms with Crippen molar-refractivity contribution in [3.8, 4) is 5.75 Å². The Labute approximate surface area is 169 Å². The van der Waals surface area contributed by atoms with Gasteiger partial charge in [-0.1, -0.05) is 20.3 Å². The third-order valence-electron chi connectivity index (χ3n) is 4.25. The summed E-state index contributed by atoms with van der Waals surface area (Å²) in [5.74, 6) is 0.847. The smallest absolute Gasteiger partial charge is 0.330 e. The Bertz CT molecular complexity index is 921. The fourth-order valence-electron chi connectivity index (χ4n) is 2.78. The van der Waals surface area contributed by atoms with E-state index in [1.807, 2.05) is 26.0 Å². The van der Waals surface area contributed by atoms with Crippen LogP contribution in [0.3, 0.4) is 0 Å². The number of thiocarbonyl (C=S) groups is 1. The summed E-state index contributed by atoms with van der Waals surface area (Å²) in [7, 11) is 1.60. The van der Waals surface area contributed by atoms with Gasteiger partial charge >= 0.3 is 5.69 Å². The topological polar surface area (TPSA) is 105 Å². The van der Waals surface area contributed by atoms with Crippen LogP contribution in [0.1, 0.15) is 33.1 Å². The first-order chi connectivity index (χ1) is 13.4. The lowest BCUT2D eigenvalue weighted by Crippen LogP contribution is -2.43. The number of nitrogens with two attached hydrogens (primary N) is 1. The highest BCUT2D eigenvalue weighted by atomic mass is 32.1. The molecule has 0 aliphatic carbocycles. The van der Waals surface area contributed by atoms with Crippen molar-refractivity contribution in [1.29, 1.82) is 0 Å². The van der Waals surface area contributed by atoms with Crippen LogP contribution in [0.4, 0.5) is 17.2 Å². The molecular weight excluding hydrogens is 378 g/mol. The maximum atomic E-state index is 12.5. The molecule has 2 rings (SSSR count). The molecule has 0 aliphatic rings. The number of aromatic nitrogens is 2. The highest BCUT2D eigenvalue weighted by molar-refractivity contribution is 7.80. The summed E-state index contributed by atoms with van der Waals surface area (Å²) in [6.07, 6.45) is 2.41. The predicted octanol–water partition coefficient (Wildman–Crippen LogP) is 2.54. The number of H-pyrrole nitrogens is 1. The minimum absolute atomic E-state index is 0.120. The van der Waals surface area contributed by atoms with Crippen LogP contribution in [0.2, 0.25) is 0 Å². The summed E-state index contributed by atoms with van der Waals surface area (Å²) < 4.78 is 6.54. The van der Waals surface area contributed by atoms with E-state index in [4.69, 9.17) is 22.7 Å². The monoisotopic (exact) mass is 405 g/mol. The Balaban J connectivity index is 2.40. The summed E-state index contributed by atoms with van der Waals surface area (Å²) in [5, 5.41) is 3.44. The van der Waals surface area contributed by atoms with Crippen LogP contribution >= 0.6 is 12.2 Å². The van der Waals surface area contributed by atoms with E-state index >= 15 is 0 Å².